The summed E-state index contributed by atoms with van der Waals surface area (Å²) in [4.78, 5) is 4.37. The average Bonchev–Trinajstić information content (AvgIpc) is 2.32. The number of nitrogens with one attached hydrogen (secondary N) is 2. The first-order valence-corrected chi connectivity index (χ1v) is 6.02. The van der Waals surface area contributed by atoms with Gasteiger partial charge in [0.25, 0.3) is 0 Å². The van der Waals surface area contributed by atoms with Crippen molar-refractivity contribution in [2.75, 3.05) is 11.9 Å². The molecule has 4 nitrogen and oxygen atoms in total. The Morgan fingerprint density at radius 2 is 2.12 bits per heavy atom. The summed E-state index contributed by atoms with van der Waals surface area (Å²) in [5, 5.41) is 3.21. The second-order valence-electron chi connectivity index (χ2n) is 4.17. The first kappa shape index (κ1) is 13.5. The maximum Gasteiger partial charge on any atom is 0.210 e. The Bertz CT molecular complexity index is 385. The molecule has 0 aliphatic heterocycles. The maximum absolute atomic E-state index is 5.45. The van der Waals surface area contributed by atoms with Crippen LogP contribution in [0.3, 0.4) is 0 Å². The minimum Gasteiger partial charge on any atom is -0.325 e. The monoisotopic (exact) mass is 234 g/mol. The predicted octanol–water partition coefficient (Wildman–Crippen LogP) is 2.33. The van der Waals surface area contributed by atoms with E-state index in [0.717, 1.165) is 25.1 Å². The lowest BCUT2D eigenvalue weighted by atomic mass is 10.1. The molecule has 0 radical (unpaired) electrons. The summed E-state index contributed by atoms with van der Waals surface area (Å²) in [5.74, 6) is 6.07. The molecule has 0 saturated heterocycles. The molecule has 94 valence electrons. The van der Waals surface area contributed by atoms with Crippen LogP contribution in [0.25, 0.3) is 0 Å². The lowest BCUT2D eigenvalue weighted by Gasteiger charge is -2.12. The first-order valence-electron chi connectivity index (χ1n) is 6.02. The van der Waals surface area contributed by atoms with Gasteiger partial charge >= 0.3 is 0 Å². The van der Waals surface area contributed by atoms with Gasteiger partial charge in [-0.1, -0.05) is 25.5 Å². The normalized spacial score (nSPS) is 11.4. The average molecular weight is 234 g/mol. The molecule has 0 unspecified atom stereocenters. The molecule has 0 bridgehead atoms. The predicted molar refractivity (Wildman–Crippen MR) is 74.1 cm³/mol. The van der Waals surface area contributed by atoms with E-state index in [1.54, 1.807) is 0 Å². The third kappa shape index (κ3) is 4.44. The van der Waals surface area contributed by atoms with Crippen molar-refractivity contribution >= 4 is 11.6 Å². The molecule has 1 rings (SSSR count). The molecular weight excluding hydrogens is 212 g/mol. The van der Waals surface area contributed by atoms with E-state index in [1.165, 1.54) is 11.1 Å². The van der Waals surface area contributed by atoms with E-state index in [0.29, 0.717) is 5.96 Å². The highest BCUT2D eigenvalue weighted by Gasteiger charge is 2.01. The summed E-state index contributed by atoms with van der Waals surface area (Å²) in [6, 6.07) is 6.25. The SMILES string of the molecule is CCCCN=C(NN)Nc1cc(C)ccc1C. The van der Waals surface area contributed by atoms with Crippen LogP contribution in [-0.2, 0) is 0 Å². The molecule has 0 atom stereocenters. The molecule has 0 saturated carbocycles. The zero-order valence-electron chi connectivity index (χ0n) is 10.9. The number of anilines is 1. The van der Waals surface area contributed by atoms with Gasteiger partial charge in [0.15, 0.2) is 0 Å². The highest BCUT2D eigenvalue weighted by Crippen LogP contribution is 2.15. The molecule has 1 aromatic rings. The summed E-state index contributed by atoms with van der Waals surface area (Å²) in [6.07, 6.45) is 2.20. The zero-order chi connectivity index (χ0) is 12.7. The smallest absolute Gasteiger partial charge is 0.210 e. The molecule has 1 aromatic carbocycles. The zero-order valence-corrected chi connectivity index (χ0v) is 10.9. The molecule has 0 heterocycles. The Balaban J connectivity index is 2.73. The fraction of sp³-hybridized carbons (Fsp3) is 0.462. The van der Waals surface area contributed by atoms with E-state index < -0.39 is 0 Å². The van der Waals surface area contributed by atoms with Gasteiger partial charge in [-0.15, -0.1) is 0 Å². The summed E-state index contributed by atoms with van der Waals surface area (Å²) in [5.41, 5.74) is 6.02. The fourth-order valence-corrected chi connectivity index (χ4v) is 1.47. The minimum atomic E-state index is 0.618. The Morgan fingerprint density at radius 1 is 1.35 bits per heavy atom. The quantitative estimate of drug-likeness (QED) is 0.246. The number of hydrogen-bond acceptors (Lipinski definition) is 2. The Hall–Kier alpha value is -1.55. The van der Waals surface area contributed by atoms with Crippen LogP contribution in [-0.4, -0.2) is 12.5 Å². The topological polar surface area (TPSA) is 62.4 Å². The third-order valence-electron chi connectivity index (χ3n) is 2.56. The number of aliphatic imine (C=N–C) groups is 1. The minimum absolute atomic E-state index is 0.618. The maximum atomic E-state index is 5.45. The van der Waals surface area contributed by atoms with Gasteiger partial charge in [0, 0.05) is 12.2 Å². The number of benzene rings is 1. The first-order chi connectivity index (χ1) is 8.17. The highest BCUT2D eigenvalue weighted by atomic mass is 15.3. The van der Waals surface area contributed by atoms with Gasteiger partial charge in [0.1, 0.15) is 0 Å². The van der Waals surface area contributed by atoms with Gasteiger partial charge in [-0.25, -0.2) is 5.84 Å². The van der Waals surface area contributed by atoms with Crippen molar-refractivity contribution in [2.45, 2.75) is 33.6 Å². The Morgan fingerprint density at radius 3 is 2.76 bits per heavy atom. The summed E-state index contributed by atoms with van der Waals surface area (Å²) in [6.45, 7) is 7.05. The summed E-state index contributed by atoms with van der Waals surface area (Å²) >= 11 is 0. The second kappa shape index (κ2) is 6.91. The molecule has 17 heavy (non-hydrogen) atoms. The number of aryl methyl sites for hydroxylation is 2. The molecule has 0 spiro atoms. The number of nitrogens with two attached hydrogens (primary N) is 1. The third-order valence-corrected chi connectivity index (χ3v) is 2.56. The van der Waals surface area contributed by atoms with Crippen LogP contribution in [0.5, 0.6) is 0 Å². The van der Waals surface area contributed by atoms with Crippen LogP contribution in [0.15, 0.2) is 23.2 Å². The van der Waals surface area contributed by atoms with E-state index in [9.17, 15) is 0 Å². The molecule has 4 heteroatoms. The number of guanidine groups is 1. The number of unbranched alkanes of at least 4 members (excludes halogenated alkanes) is 1. The number of nitrogens with zero attached hydrogens (tertiary/aromatic N) is 1. The Kier molecular flexibility index (Phi) is 5.49. The van der Waals surface area contributed by atoms with Crippen molar-refractivity contribution in [1.82, 2.24) is 5.43 Å². The van der Waals surface area contributed by atoms with Crippen LogP contribution in [0, 0.1) is 13.8 Å². The van der Waals surface area contributed by atoms with Crippen LogP contribution in [0.2, 0.25) is 0 Å². The summed E-state index contributed by atoms with van der Waals surface area (Å²) in [7, 11) is 0. The van der Waals surface area contributed by atoms with Crippen molar-refractivity contribution in [3.63, 3.8) is 0 Å². The number of hydrogen-bond donors (Lipinski definition) is 3. The fourth-order valence-electron chi connectivity index (χ4n) is 1.47. The van der Waals surface area contributed by atoms with Crippen LogP contribution in [0.1, 0.15) is 30.9 Å². The molecule has 0 aliphatic carbocycles. The van der Waals surface area contributed by atoms with Gasteiger partial charge < -0.3 is 5.32 Å². The largest absolute Gasteiger partial charge is 0.325 e. The second-order valence-corrected chi connectivity index (χ2v) is 4.17. The molecular formula is C13H22N4. The summed E-state index contributed by atoms with van der Waals surface area (Å²) < 4.78 is 0. The van der Waals surface area contributed by atoms with Gasteiger partial charge in [0.05, 0.1) is 0 Å². The van der Waals surface area contributed by atoms with Gasteiger partial charge in [-0.2, -0.15) is 0 Å². The van der Waals surface area contributed by atoms with E-state index in [2.05, 4.69) is 54.7 Å². The molecule has 4 N–H and O–H groups in total. The van der Waals surface area contributed by atoms with E-state index >= 15 is 0 Å². The van der Waals surface area contributed by atoms with E-state index in [1.807, 2.05) is 0 Å². The molecule has 0 fully saturated rings. The van der Waals surface area contributed by atoms with E-state index in [-0.39, 0.29) is 0 Å². The number of rotatable bonds is 4. The van der Waals surface area contributed by atoms with Crippen LogP contribution < -0.4 is 16.6 Å². The van der Waals surface area contributed by atoms with Crippen molar-refractivity contribution in [2.24, 2.45) is 10.8 Å². The standard InChI is InChI=1S/C13H22N4/c1-4-5-8-15-13(17-14)16-12-9-10(2)6-7-11(12)3/h6-7,9H,4-5,8,14H2,1-3H3,(H2,15,16,17). The lowest BCUT2D eigenvalue weighted by Crippen LogP contribution is -2.36. The van der Waals surface area contributed by atoms with E-state index in [4.69, 9.17) is 5.84 Å². The van der Waals surface area contributed by atoms with Crippen LogP contribution in [0.4, 0.5) is 5.69 Å². The molecule has 0 aromatic heterocycles. The lowest BCUT2D eigenvalue weighted by molar-refractivity contribution is 0.801. The Labute approximate surface area is 103 Å². The molecule has 0 aliphatic rings. The van der Waals surface area contributed by atoms with Crippen molar-refractivity contribution in [1.29, 1.82) is 0 Å². The van der Waals surface area contributed by atoms with Crippen molar-refractivity contribution in [3.05, 3.63) is 29.3 Å². The van der Waals surface area contributed by atoms with Gasteiger partial charge in [0.2, 0.25) is 5.96 Å². The molecule has 0 amide bonds. The van der Waals surface area contributed by atoms with Gasteiger partial charge in [-0.05, 0) is 37.5 Å². The number of hydrazine groups is 1. The highest BCUT2D eigenvalue weighted by molar-refractivity contribution is 5.93. The van der Waals surface area contributed by atoms with Crippen molar-refractivity contribution in [3.8, 4) is 0 Å². The van der Waals surface area contributed by atoms with Gasteiger partial charge in [-0.3, -0.25) is 10.4 Å². The van der Waals surface area contributed by atoms with Crippen molar-refractivity contribution < 1.29 is 0 Å². The van der Waals surface area contributed by atoms with Crippen LogP contribution >= 0.6 is 0 Å².